The molecule has 0 saturated heterocycles. The van der Waals surface area contributed by atoms with Gasteiger partial charge in [-0.1, -0.05) is 42.5 Å². The highest BCUT2D eigenvalue weighted by Gasteiger charge is 2.14. The van der Waals surface area contributed by atoms with Gasteiger partial charge in [-0.2, -0.15) is 0 Å². The number of carbonyl (C=O) groups excluding carboxylic acids is 2. The van der Waals surface area contributed by atoms with E-state index in [9.17, 15) is 14.7 Å². The molecule has 3 rings (SSSR count). The standard InChI is InChI=1S/C22H21NO4/c24-15-16(13-20-7-4-12-27-20)14-23-22(26)19-10-8-18(9-11-19)21(25)17-5-2-1-3-6-17/h1-12,16,24H,13-15H2,(H,23,26). The highest BCUT2D eigenvalue weighted by molar-refractivity contribution is 6.09. The van der Waals surface area contributed by atoms with Gasteiger partial charge in [0.05, 0.1) is 6.26 Å². The number of hydrogen-bond acceptors (Lipinski definition) is 4. The van der Waals surface area contributed by atoms with Crippen molar-refractivity contribution in [2.75, 3.05) is 13.2 Å². The number of rotatable bonds is 8. The summed E-state index contributed by atoms with van der Waals surface area (Å²) in [5, 5.41) is 12.3. The molecule has 0 spiro atoms. The largest absolute Gasteiger partial charge is 0.469 e. The van der Waals surface area contributed by atoms with Crippen molar-refractivity contribution in [2.45, 2.75) is 6.42 Å². The Morgan fingerprint density at radius 3 is 2.19 bits per heavy atom. The number of aliphatic hydroxyl groups is 1. The number of aliphatic hydroxyl groups excluding tert-OH is 1. The Hall–Kier alpha value is -3.18. The van der Waals surface area contributed by atoms with Gasteiger partial charge >= 0.3 is 0 Å². The quantitative estimate of drug-likeness (QED) is 0.603. The van der Waals surface area contributed by atoms with Crippen molar-refractivity contribution in [1.29, 1.82) is 0 Å². The molecule has 1 atom stereocenters. The van der Waals surface area contributed by atoms with Gasteiger partial charge in [0.2, 0.25) is 0 Å². The first-order chi connectivity index (χ1) is 13.2. The topological polar surface area (TPSA) is 79.5 Å². The highest BCUT2D eigenvalue weighted by atomic mass is 16.3. The fraction of sp³-hybridized carbons (Fsp3) is 0.182. The van der Waals surface area contributed by atoms with Crippen molar-refractivity contribution in [2.24, 2.45) is 5.92 Å². The van der Waals surface area contributed by atoms with E-state index in [1.165, 1.54) is 0 Å². The number of amides is 1. The first kappa shape index (κ1) is 18.6. The molecule has 3 aromatic rings. The van der Waals surface area contributed by atoms with Gasteiger partial charge < -0.3 is 14.8 Å². The van der Waals surface area contributed by atoms with E-state index >= 15 is 0 Å². The van der Waals surface area contributed by atoms with E-state index in [1.807, 2.05) is 24.3 Å². The Morgan fingerprint density at radius 1 is 0.889 bits per heavy atom. The molecular formula is C22H21NO4. The first-order valence-electron chi connectivity index (χ1n) is 8.78. The Balaban J connectivity index is 1.58. The second kappa shape index (κ2) is 8.96. The van der Waals surface area contributed by atoms with Gasteiger partial charge in [0.15, 0.2) is 5.78 Å². The smallest absolute Gasteiger partial charge is 0.251 e. The summed E-state index contributed by atoms with van der Waals surface area (Å²) in [6.45, 7) is 0.284. The third-order valence-corrected chi connectivity index (χ3v) is 4.32. The minimum absolute atomic E-state index is 0.0501. The maximum Gasteiger partial charge on any atom is 0.251 e. The van der Waals surface area contributed by atoms with Crippen LogP contribution in [-0.4, -0.2) is 29.9 Å². The zero-order chi connectivity index (χ0) is 19.1. The monoisotopic (exact) mass is 363 g/mol. The molecule has 1 unspecified atom stereocenters. The normalized spacial score (nSPS) is 11.7. The molecule has 138 valence electrons. The van der Waals surface area contributed by atoms with Crippen molar-refractivity contribution in [1.82, 2.24) is 5.32 Å². The van der Waals surface area contributed by atoms with Crippen LogP contribution in [-0.2, 0) is 6.42 Å². The molecule has 0 aliphatic carbocycles. The van der Waals surface area contributed by atoms with Gasteiger partial charge in [-0.05, 0) is 24.3 Å². The summed E-state index contributed by atoms with van der Waals surface area (Å²) >= 11 is 0. The highest BCUT2D eigenvalue weighted by Crippen LogP contribution is 2.12. The molecule has 0 radical (unpaired) electrons. The summed E-state index contributed by atoms with van der Waals surface area (Å²) in [6.07, 6.45) is 2.13. The molecule has 1 aromatic heterocycles. The molecular weight excluding hydrogens is 342 g/mol. The molecule has 5 heteroatoms. The third kappa shape index (κ3) is 4.92. The second-order valence-corrected chi connectivity index (χ2v) is 6.31. The predicted molar refractivity (Wildman–Crippen MR) is 102 cm³/mol. The molecule has 0 fully saturated rings. The van der Waals surface area contributed by atoms with Gasteiger partial charge in [0, 0.05) is 42.2 Å². The minimum Gasteiger partial charge on any atom is -0.469 e. The molecule has 0 saturated carbocycles. The van der Waals surface area contributed by atoms with Crippen LogP contribution in [0.2, 0.25) is 0 Å². The van der Waals surface area contributed by atoms with E-state index in [1.54, 1.807) is 48.7 Å². The lowest BCUT2D eigenvalue weighted by Crippen LogP contribution is -2.31. The van der Waals surface area contributed by atoms with Crippen molar-refractivity contribution in [3.8, 4) is 0 Å². The second-order valence-electron chi connectivity index (χ2n) is 6.31. The van der Waals surface area contributed by atoms with Crippen LogP contribution < -0.4 is 5.32 Å². The zero-order valence-electron chi connectivity index (χ0n) is 14.8. The van der Waals surface area contributed by atoms with Gasteiger partial charge in [-0.15, -0.1) is 0 Å². The summed E-state index contributed by atoms with van der Waals surface area (Å²) in [4.78, 5) is 24.7. The van der Waals surface area contributed by atoms with E-state index in [-0.39, 0.29) is 24.2 Å². The van der Waals surface area contributed by atoms with Crippen molar-refractivity contribution < 1.29 is 19.1 Å². The molecule has 0 aliphatic rings. The molecule has 0 aliphatic heterocycles. The molecule has 0 bridgehead atoms. The van der Waals surface area contributed by atoms with Crippen molar-refractivity contribution in [3.05, 3.63) is 95.4 Å². The summed E-state index contributed by atoms with van der Waals surface area (Å²) in [6, 6.07) is 19.2. The molecule has 5 nitrogen and oxygen atoms in total. The van der Waals surface area contributed by atoms with E-state index < -0.39 is 0 Å². The van der Waals surface area contributed by atoms with E-state index in [0.717, 1.165) is 5.76 Å². The Kier molecular flexibility index (Phi) is 6.18. The van der Waals surface area contributed by atoms with E-state index in [0.29, 0.717) is 29.7 Å². The molecule has 1 amide bonds. The predicted octanol–water partition coefficient (Wildman–Crippen LogP) is 3.09. The van der Waals surface area contributed by atoms with E-state index in [4.69, 9.17) is 4.42 Å². The van der Waals surface area contributed by atoms with Crippen molar-refractivity contribution in [3.63, 3.8) is 0 Å². The average molecular weight is 363 g/mol. The maximum absolute atomic E-state index is 12.4. The average Bonchev–Trinajstić information content (AvgIpc) is 3.24. The van der Waals surface area contributed by atoms with Gasteiger partial charge in [-0.3, -0.25) is 9.59 Å². The lowest BCUT2D eigenvalue weighted by Gasteiger charge is -2.14. The van der Waals surface area contributed by atoms with Gasteiger partial charge in [0.1, 0.15) is 5.76 Å². The molecule has 2 N–H and O–H groups in total. The summed E-state index contributed by atoms with van der Waals surface area (Å²) in [5.41, 5.74) is 1.61. The SMILES string of the molecule is O=C(NCC(CO)Cc1ccco1)c1ccc(C(=O)c2ccccc2)cc1. The summed E-state index contributed by atoms with van der Waals surface area (Å²) in [5.74, 6) is 0.319. The molecule has 2 aromatic carbocycles. The van der Waals surface area contributed by atoms with Crippen LogP contribution >= 0.6 is 0 Å². The lowest BCUT2D eigenvalue weighted by atomic mass is 10.0. The fourth-order valence-electron chi connectivity index (χ4n) is 2.78. The fourth-order valence-corrected chi connectivity index (χ4v) is 2.78. The van der Waals surface area contributed by atoms with Crippen LogP contribution in [0.5, 0.6) is 0 Å². The van der Waals surface area contributed by atoms with Crippen molar-refractivity contribution >= 4 is 11.7 Å². The van der Waals surface area contributed by atoms with Crippen LogP contribution in [0.4, 0.5) is 0 Å². The van der Waals surface area contributed by atoms with E-state index in [2.05, 4.69) is 5.32 Å². The number of benzene rings is 2. The van der Waals surface area contributed by atoms with Crippen LogP contribution in [0.25, 0.3) is 0 Å². The minimum atomic E-state index is -0.244. The number of furan rings is 1. The van der Waals surface area contributed by atoms with Crippen LogP contribution in [0.15, 0.2) is 77.4 Å². The maximum atomic E-state index is 12.4. The van der Waals surface area contributed by atoms with Crippen LogP contribution in [0.3, 0.4) is 0 Å². The number of hydrogen-bond donors (Lipinski definition) is 2. The van der Waals surface area contributed by atoms with Gasteiger partial charge in [0.25, 0.3) is 5.91 Å². The third-order valence-electron chi connectivity index (χ3n) is 4.32. The Morgan fingerprint density at radius 2 is 1.56 bits per heavy atom. The Labute approximate surface area is 157 Å². The summed E-state index contributed by atoms with van der Waals surface area (Å²) < 4.78 is 5.27. The number of nitrogens with one attached hydrogen (secondary N) is 1. The zero-order valence-corrected chi connectivity index (χ0v) is 14.8. The number of carbonyl (C=O) groups is 2. The number of ketones is 1. The van der Waals surface area contributed by atoms with Crippen LogP contribution in [0, 0.1) is 5.92 Å². The Bertz CT molecular complexity index is 870. The van der Waals surface area contributed by atoms with Gasteiger partial charge in [-0.25, -0.2) is 0 Å². The first-order valence-corrected chi connectivity index (χ1v) is 8.78. The van der Waals surface area contributed by atoms with Crippen LogP contribution in [0.1, 0.15) is 32.0 Å². The summed E-state index contributed by atoms with van der Waals surface area (Å²) in [7, 11) is 0. The lowest BCUT2D eigenvalue weighted by molar-refractivity contribution is 0.0937. The molecule has 1 heterocycles. The molecule has 27 heavy (non-hydrogen) atoms.